The van der Waals surface area contributed by atoms with Gasteiger partial charge >= 0.3 is 12.6 Å². The summed E-state index contributed by atoms with van der Waals surface area (Å²) in [7, 11) is 0. The van der Waals surface area contributed by atoms with Crippen LogP contribution in [-0.2, 0) is 28.1 Å². The molecule has 0 unspecified atom stereocenters. The van der Waals surface area contributed by atoms with Crippen LogP contribution >= 0.6 is 0 Å². The van der Waals surface area contributed by atoms with Crippen molar-refractivity contribution in [2.45, 2.75) is 39.1 Å². The summed E-state index contributed by atoms with van der Waals surface area (Å²) in [5.41, 5.74) is 3.36. The molecule has 1 aromatic heterocycles. The minimum Gasteiger partial charge on any atom is -0.488 e. The quantitative estimate of drug-likeness (QED) is 0.0963. The van der Waals surface area contributed by atoms with E-state index in [1.807, 2.05) is 60.7 Å². The topological polar surface area (TPSA) is 49.7 Å². The van der Waals surface area contributed by atoms with Crippen LogP contribution in [0.15, 0.2) is 121 Å². The second kappa shape index (κ2) is 14.4. The van der Waals surface area contributed by atoms with E-state index in [-0.39, 0.29) is 19.0 Å². The summed E-state index contributed by atoms with van der Waals surface area (Å²) in [5, 5.41) is 0.501. The molecule has 49 heavy (non-hydrogen) atoms. The molecule has 9 heteroatoms. The van der Waals surface area contributed by atoms with Gasteiger partial charge in [0.15, 0.2) is 0 Å². The van der Waals surface area contributed by atoms with Crippen LogP contribution in [0.25, 0.3) is 27.7 Å². The van der Waals surface area contributed by atoms with Crippen molar-refractivity contribution in [3.8, 4) is 22.6 Å². The molecule has 0 aliphatic rings. The fraction of sp³-hybridized carbons (Fsp3) is 0.175. The number of halogens is 4. The predicted molar refractivity (Wildman–Crippen MR) is 180 cm³/mol. The average molecular weight is 668 g/mol. The minimum atomic E-state index is -3.03. The molecule has 0 aliphatic carbocycles. The van der Waals surface area contributed by atoms with Gasteiger partial charge in [-0.15, -0.1) is 0 Å². The maximum Gasteiger partial charge on any atom is 0.345 e. The van der Waals surface area contributed by atoms with Gasteiger partial charge in [0.25, 0.3) is 0 Å². The van der Waals surface area contributed by atoms with Crippen LogP contribution in [0.2, 0.25) is 0 Å². The van der Waals surface area contributed by atoms with Crippen LogP contribution in [0.3, 0.4) is 0 Å². The number of aromatic nitrogens is 1. The number of ether oxygens (including phenoxy) is 3. The van der Waals surface area contributed by atoms with Gasteiger partial charge in [-0.25, -0.2) is 13.6 Å². The van der Waals surface area contributed by atoms with Gasteiger partial charge in [0.05, 0.1) is 23.1 Å². The maximum atomic E-state index is 15.5. The van der Waals surface area contributed by atoms with Crippen molar-refractivity contribution in [3.63, 3.8) is 0 Å². The molecule has 6 aromatic rings. The van der Waals surface area contributed by atoms with E-state index >= 15 is 4.39 Å². The van der Waals surface area contributed by atoms with Crippen molar-refractivity contribution >= 4 is 16.9 Å². The van der Waals surface area contributed by atoms with Gasteiger partial charge in [0.1, 0.15) is 30.6 Å². The molecule has 1 heterocycles. The number of fused-ring (bicyclic) bond motifs is 1. The number of hydrogen-bond donors (Lipinski definition) is 0. The normalized spacial score (nSPS) is 11.7. The highest BCUT2D eigenvalue weighted by Crippen LogP contribution is 2.47. The van der Waals surface area contributed by atoms with E-state index in [0.717, 1.165) is 11.1 Å². The second-order valence-corrected chi connectivity index (χ2v) is 12.2. The second-order valence-electron chi connectivity index (χ2n) is 12.2. The largest absolute Gasteiger partial charge is 0.488 e. The van der Waals surface area contributed by atoms with Gasteiger partial charge in [-0.2, -0.15) is 8.78 Å². The fourth-order valence-corrected chi connectivity index (χ4v) is 5.90. The number of carbonyl (C=O) groups excluding carboxylic acids is 1. The van der Waals surface area contributed by atoms with Gasteiger partial charge in [-0.3, -0.25) is 0 Å². The van der Waals surface area contributed by atoms with Gasteiger partial charge in [-0.1, -0.05) is 86.6 Å². The highest BCUT2D eigenvalue weighted by molar-refractivity contribution is 6.04. The lowest BCUT2D eigenvalue weighted by Gasteiger charge is -2.28. The molecule has 0 amide bonds. The molecule has 0 bridgehead atoms. The van der Waals surface area contributed by atoms with Crippen molar-refractivity contribution in [2.75, 3.05) is 6.61 Å². The van der Waals surface area contributed by atoms with E-state index in [9.17, 15) is 18.0 Å². The first kappa shape index (κ1) is 33.5. The Morgan fingerprint density at radius 1 is 0.755 bits per heavy atom. The third-order valence-corrected chi connectivity index (χ3v) is 8.15. The van der Waals surface area contributed by atoms with Crippen LogP contribution in [0.4, 0.5) is 17.6 Å². The molecule has 0 N–H and O–H groups in total. The molecule has 0 radical (unpaired) electrons. The summed E-state index contributed by atoms with van der Waals surface area (Å²) in [6.45, 7) is 0.270. The molecule has 5 nitrogen and oxygen atoms in total. The van der Waals surface area contributed by atoms with Crippen molar-refractivity contribution in [2.24, 2.45) is 0 Å². The van der Waals surface area contributed by atoms with Gasteiger partial charge < -0.3 is 18.8 Å². The smallest absolute Gasteiger partial charge is 0.345 e. The third kappa shape index (κ3) is 7.52. The monoisotopic (exact) mass is 667 g/mol. The first-order valence-electron chi connectivity index (χ1n) is 15.6. The third-order valence-electron chi connectivity index (χ3n) is 8.15. The van der Waals surface area contributed by atoms with Gasteiger partial charge in [0, 0.05) is 28.4 Å². The maximum absolute atomic E-state index is 15.5. The van der Waals surface area contributed by atoms with E-state index in [1.54, 1.807) is 42.7 Å². The number of alkyl halides is 2. The van der Waals surface area contributed by atoms with E-state index in [2.05, 4.69) is 0 Å². The average Bonchev–Trinajstić information content (AvgIpc) is 3.46. The predicted octanol–water partition coefficient (Wildman–Crippen LogP) is 10.0. The van der Waals surface area contributed by atoms with E-state index < -0.39 is 36.2 Å². The number of hydrogen-bond acceptors (Lipinski definition) is 4. The molecule has 0 fully saturated rings. The summed E-state index contributed by atoms with van der Waals surface area (Å²) in [6.07, 6.45) is 0. The van der Waals surface area contributed by atoms with Crippen LogP contribution in [0, 0.1) is 11.6 Å². The fourth-order valence-electron chi connectivity index (χ4n) is 5.90. The molecule has 0 spiro atoms. The molecule has 5 aromatic carbocycles. The molecule has 6 rings (SSSR count). The van der Waals surface area contributed by atoms with Gasteiger partial charge in [-0.05, 0) is 59.2 Å². The Bertz CT molecular complexity index is 2040. The first-order valence-corrected chi connectivity index (χ1v) is 15.6. The number of nitrogens with zero attached hydrogens (tertiary/aromatic N) is 1. The Balaban J connectivity index is 1.54. The van der Waals surface area contributed by atoms with E-state index in [4.69, 9.17) is 14.2 Å². The standard InChI is InChI=1S/C40H33F4NO4/c1-40(2,25-49-39(43)44)37-35(28-13-15-29(16-14-28)38(46)48-24-27-11-7-4-8-12-27)36-33(45(37)32-19-17-30(41)18-20-32)21-31(42)22-34(36)47-23-26-9-5-3-6-10-26/h3-22,39H,23-25H2,1-2H3. The highest BCUT2D eigenvalue weighted by atomic mass is 19.3. The molecule has 250 valence electrons. The molecule has 0 aliphatic heterocycles. The van der Waals surface area contributed by atoms with Crippen LogP contribution < -0.4 is 4.74 Å². The summed E-state index contributed by atoms with van der Waals surface area (Å²) in [5.74, 6) is -1.38. The zero-order valence-electron chi connectivity index (χ0n) is 26.8. The SMILES string of the molecule is CC(C)(COC(F)F)c1c(-c2ccc(C(=O)OCc3ccccc3)cc2)c2c(OCc3ccccc3)cc(F)cc2n1-c1ccc(F)cc1. The lowest BCUT2D eigenvalue weighted by molar-refractivity contribution is -0.139. The molecular formula is C40H33F4NO4. The van der Waals surface area contributed by atoms with Crippen LogP contribution in [-0.4, -0.2) is 23.8 Å². The number of carbonyl (C=O) groups is 1. The Morgan fingerprint density at radius 2 is 1.37 bits per heavy atom. The highest BCUT2D eigenvalue weighted by Gasteiger charge is 2.35. The van der Waals surface area contributed by atoms with Crippen molar-refractivity contribution in [1.29, 1.82) is 0 Å². The van der Waals surface area contributed by atoms with Crippen molar-refractivity contribution in [1.82, 2.24) is 4.57 Å². The van der Waals surface area contributed by atoms with Crippen molar-refractivity contribution < 1.29 is 36.6 Å². The molecule has 0 saturated carbocycles. The summed E-state index contributed by atoms with van der Waals surface area (Å²) < 4.78 is 74.9. The van der Waals surface area contributed by atoms with Crippen molar-refractivity contribution in [3.05, 3.63) is 155 Å². The molecule has 0 atom stereocenters. The zero-order chi connectivity index (χ0) is 34.5. The summed E-state index contributed by atoms with van der Waals surface area (Å²) in [6, 6.07) is 33.6. The van der Waals surface area contributed by atoms with Crippen LogP contribution in [0.5, 0.6) is 5.75 Å². The number of benzene rings is 5. The number of esters is 1. The zero-order valence-corrected chi connectivity index (χ0v) is 26.8. The molecular weight excluding hydrogens is 634 g/mol. The Labute approximate surface area is 281 Å². The number of rotatable bonds is 12. The Morgan fingerprint density at radius 3 is 1.98 bits per heavy atom. The van der Waals surface area contributed by atoms with E-state index in [1.165, 1.54) is 36.4 Å². The molecule has 0 saturated heterocycles. The lowest BCUT2D eigenvalue weighted by atomic mass is 9.84. The first-order chi connectivity index (χ1) is 23.6. The summed E-state index contributed by atoms with van der Waals surface area (Å²) in [4.78, 5) is 13.0. The minimum absolute atomic E-state index is 0.0999. The van der Waals surface area contributed by atoms with Crippen LogP contribution in [0.1, 0.15) is 41.0 Å². The summed E-state index contributed by atoms with van der Waals surface area (Å²) >= 11 is 0. The Kier molecular flexibility index (Phi) is 9.82. The van der Waals surface area contributed by atoms with E-state index in [0.29, 0.717) is 39.0 Å². The Hall–Kier alpha value is -5.41. The van der Waals surface area contributed by atoms with Gasteiger partial charge in [0.2, 0.25) is 0 Å². The lowest BCUT2D eigenvalue weighted by Crippen LogP contribution is -2.29.